The maximum absolute atomic E-state index is 14.8. The Bertz CT molecular complexity index is 1770. The number of benzene rings is 1. The van der Waals surface area contributed by atoms with Crippen LogP contribution in [-0.4, -0.2) is 101 Å². The zero-order valence-corrected chi connectivity index (χ0v) is 39.3. The molecule has 16 heteroatoms. The number of hydrogen-bond acceptors (Lipinski definition) is 12. The molecule has 3 rings (SSSR count). The summed E-state index contributed by atoms with van der Waals surface area (Å²) in [6.07, 6.45) is 4.07. The highest BCUT2D eigenvalue weighted by Gasteiger charge is 2.39. The molecule has 2 heterocycles. The number of aromatic nitrogens is 1. The second-order valence-corrected chi connectivity index (χ2v) is 18.6. The van der Waals surface area contributed by atoms with Crippen LogP contribution in [0.15, 0.2) is 29.6 Å². The quantitative estimate of drug-likeness (QED) is 0.0510. The Hall–Kier alpha value is -4.57. The average molecular weight is 885 g/mol. The van der Waals surface area contributed by atoms with E-state index in [4.69, 9.17) is 14.5 Å². The topological polar surface area (TPSA) is 197 Å². The minimum Gasteiger partial charge on any atom is -0.508 e. The number of Topliss-reactive ketones (excluding diaryl/α,β-unsaturated/α-hetero) is 1. The van der Waals surface area contributed by atoms with Crippen LogP contribution in [0.1, 0.15) is 141 Å². The average Bonchev–Trinajstić information content (AvgIpc) is 3.73. The van der Waals surface area contributed by atoms with Crippen LogP contribution < -0.4 is 16.2 Å². The minimum atomic E-state index is -0.788. The molecule has 1 aromatic carbocycles. The number of aromatic hydroxyl groups is 1. The van der Waals surface area contributed by atoms with E-state index in [0.29, 0.717) is 24.3 Å². The van der Waals surface area contributed by atoms with Gasteiger partial charge >= 0.3 is 12.1 Å². The number of piperidine rings is 1. The largest absolute Gasteiger partial charge is 0.508 e. The van der Waals surface area contributed by atoms with E-state index < -0.39 is 41.8 Å². The molecule has 0 aliphatic carbocycles. The number of hydrogen-bond donors (Lipinski definition) is 4. The van der Waals surface area contributed by atoms with E-state index in [9.17, 15) is 33.9 Å². The fourth-order valence-corrected chi connectivity index (χ4v) is 8.74. The van der Waals surface area contributed by atoms with Gasteiger partial charge in [-0.2, -0.15) is 0 Å². The molecule has 0 spiro atoms. The molecule has 1 saturated heterocycles. The van der Waals surface area contributed by atoms with Gasteiger partial charge in [0.2, 0.25) is 11.8 Å². The normalized spacial score (nSPS) is 17.3. The lowest BCUT2D eigenvalue weighted by Gasteiger charge is -2.39. The van der Waals surface area contributed by atoms with Crippen molar-refractivity contribution in [2.24, 2.45) is 29.6 Å². The molecule has 1 fully saturated rings. The van der Waals surface area contributed by atoms with Gasteiger partial charge in [-0.05, 0) is 88.1 Å². The third kappa shape index (κ3) is 16.3. The summed E-state index contributed by atoms with van der Waals surface area (Å²) in [7, 11) is 1.97. The van der Waals surface area contributed by atoms with Crippen molar-refractivity contribution in [3.05, 3.63) is 45.9 Å². The fraction of sp³-hybridized carbons (Fsp3) is 0.674. The lowest BCUT2D eigenvalue weighted by atomic mass is 9.82. The smallest absolute Gasteiger partial charge is 0.426 e. The number of ether oxygens (including phenoxy) is 2. The number of carbonyl (C=O) groups excluding carboxylic acids is 6. The van der Waals surface area contributed by atoms with E-state index >= 15 is 0 Å². The first kappa shape index (κ1) is 51.8. The number of likely N-dealkylation sites (N-methyl/N-ethyl adjacent to an activating group) is 1. The van der Waals surface area contributed by atoms with Crippen molar-refractivity contribution in [2.45, 2.75) is 144 Å². The molecule has 346 valence electrons. The molecule has 1 unspecified atom stereocenters. The molecule has 0 radical (unpaired) electrons. The number of ketones is 1. The van der Waals surface area contributed by atoms with Crippen LogP contribution in [0.3, 0.4) is 0 Å². The van der Waals surface area contributed by atoms with E-state index in [-0.39, 0.29) is 91.5 Å². The van der Waals surface area contributed by atoms with Gasteiger partial charge in [-0.25, -0.2) is 15.2 Å². The summed E-state index contributed by atoms with van der Waals surface area (Å²) in [6, 6.07) is 5.46. The number of nitrogens with one attached hydrogen (secondary N) is 3. The Labute approximate surface area is 372 Å². The Morgan fingerprint density at radius 1 is 0.935 bits per heavy atom. The van der Waals surface area contributed by atoms with Crippen LogP contribution in [-0.2, 0) is 35.1 Å². The van der Waals surface area contributed by atoms with E-state index in [0.717, 1.165) is 31.4 Å². The molecule has 1 aliphatic rings. The Balaban J connectivity index is 1.85. The first-order valence-corrected chi connectivity index (χ1v) is 23.2. The standard InChI is InChI=1S/C46H72N6O9S/c1-11-30(7)36(25-40(54)38-15-13-14-20-51(38)10)45(58)52(27-61-41(55)21-28(3)4)39(29(5)6)23-32(9)44-48-37(26-62-44)43(57)47-34(24-33-16-18-35(53)19-17-33)22-31(8)42(56)49-50-46(59)60-12-2/h16-19,26,28-32,34,36,38-39,53H,11-15,20-25,27H2,1-10H3,(H,47,57)(H,49,56)(H,50,59)/t30?,31-,32+,34+,36-,38+,39+/m0/s1. The molecule has 1 aromatic heterocycles. The Morgan fingerprint density at radius 2 is 1.63 bits per heavy atom. The molecule has 0 bridgehead atoms. The maximum atomic E-state index is 14.8. The van der Waals surface area contributed by atoms with Crippen molar-refractivity contribution in [1.82, 2.24) is 31.0 Å². The molecule has 2 aromatic rings. The van der Waals surface area contributed by atoms with E-state index in [2.05, 4.69) is 21.1 Å². The van der Waals surface area contributed by atoms with E-state index in [1.54, 1.807) is 48.4 Å². The van der Waals surface area contributed by atoms with Crippen LogP contribution in [0, 0.1) is 29.6 Å². The van der Waals surface area contributed by atoms with E-state index in [1.165, 1.54) is 11.3 Å². The van der Waals surface area contributed by atoms with Crippen molar-refractivity contribution in [1.29, 1.82) is 0 Å². The number of thiazole rings is 1. The van der Waals surface area contributed by atoms with Crippen molar-refractivity contribution in [3.8, 4) is 5.75 Å². The number of phenolic OH excluding ortho intramolecular Hbond substituents is 1. The molecule has 4 amide bonds. The van der Waals surface area contributed by atoms with Crippen LogP contribution in [0.25, 0.3) is 0 Å². The Kier molecular flexibility index (Phi) is 21.3. The zero-order chi connectivity index (χ0) is 46.1. The summed E-state index contributed by atoms with van der Waals surface area (Å²) in [6.45, 7) is 18.0. The van der Waals surface area contributed by atoms with Gasteiger partial charge in [0.25, 0.3) is 5.91 Å². The molecule has 62 heavy (non-hydrogen) atoms. The molecule has 7 atom stereocenters. The predicted molar refractivity (Wildman–Crippen MR) is 239 cm³/mol. The Morgan fingerprint density at radius 3 is 2.24 bits per heavy atom. The van der Waals surface area contributed by atoms with Crippen molar-refractivity contribution < 1.29 is 43.3 Å². The summed E-state index contributed by atoms with van der Waals surface area (Å²) in [5, 5.41) is 15.2. The first-order valence-electron chi connectivity index (χ1n) is 22.3. The van der Waals surface area contributed by atoms with Crippen LogP contribution in [0.5, 0.6) is 5.75 Å². The van der Waals surface area contributed by atoms with Crippen molar-refractivity contribution in [3.63, 3.8) is 0 Å². The summed E-state index contributed by atoms with van der Waals surface area (Å²) in [5.41, 5.74) is 5.60. The summed E-state index contributed by atoms with van der Waals surface area (Å²) >= 11 is 1.33. The number of rotatable bonds is 23. The molecular formula is C46H72N6O9S. The van der Waals surface area contributed by atoms with Crippen LogP contribution in [0.2, 0.25) is 0 Å². The lowest BCUT2D eigenvalue weighted by Crippen LogP contribution is -2.50. The predicted octanol–water partition coefficient (Wildman–Crippen LogP) is 6.99. The van der Waals surface area contributed by atoms with Gasteiger partial charge in [-0.15, -0.1) is 11.3 Å². The molecule has 0 saturated carbocycles. The summed E-state index contributed by atoms with van der Waals surface area (Å²) < 4.78 is 10.6. The van der Waals surface area contributed by atoms with Gasteiger partial charge in [0.05, 0.1) is 17.7 Å². The third-order valence-corrected chi connectivity index (χ3v) is 12.9. The highest BCUT2D eigenvalue weighted by Crippen LogP contribution is 2.33. The molecule has 4 N–H and O–H groups in total. The summed E-state index contributed by atoms with van der Waals surface area (Å²) in [4.78, 5) is 88.5. The second-order valence-electron chi connectivity index (χ2n) is 17.7. The van der Waals surface area contributed by atoms with Crippen molar-refractivity contribution in [2.75, 3.05) is 26.9 Å². The highest BCUT2D eigenvalue weighted by molar-refractivity contribution is 7.09. The molecule has 1 aliphatic heterocycles. The summed E-state index contributed by atoms with van der Waals surface area (Å²) in [5.74, 6) is -2.81. The number of esters is 1. The second kappa shape index (κ2) is 25.5. The van der Waals surface area contributed by atoms with Crippen LogP contribution >= 0.6 is 11.3 Å². The number of hydrazine groups is 1. The number of likely N-dealkylation sites (tertiary alicyclic amines) is 1. The fourth-order valence-electron chi connectivity index (χ4n) is 7.87. The number of amides is 4. The van der Waals surface area contributed by atoms with Gasteiger partial charge in [-0.3, -0.25) is 34.3 Å². The van der Waals surface area contributed by atoms with Gasteiger partial charge in [-0.1, -0.05) is 80.4 Å². The third-order valence-electron chi connectivity index (χ3n) is 11.8. The lowest BCUT2D eigenvalue weighted by molar-refractivity contribution is -0.160. The van der Waals surface area contributed by atoms with Crippen LogP contribution in [0.4, 0.5) is 4.79 Å². The van der Waals surface area contributed by atoms with E-state index in [1.807, 2.05) is 55.5 Å². The van der Waals surface area contributed by atoms with Gasteiger partial charge in [0.1, 0.15) is 11.4 Å². The van der Waals surface area contributed by atoms with Gasteiger partial charge in [0.15, 0.2) is 12.5 Å². The van der Waals surface area contributed by atoms with Crippen molar-refractivity contribution >= 4 is 46.9 Å². The SMILES string of the molecule is CCOC(=O)NNC(=O)[C@@H](C)C[C@H](Cc1ccc(O)cc1)NC(=O)c1csc([C@H](C)C[C@H](C(C)C)N(COC(=O)CC(C)C)C(=O)[C@@H](CC(=O)[C@H]2CCCCN2C)C(C)CC)n1. The number of phenols is 1. The molecule has 15 nitrogen and oxygen atoms in total. The van der Waals surface area contributed by atoms with Gasteiger partial charge < -0.3 is 24.8 Å². The monoisotopic (exact) mass is 885 g/mol. The number of nitrogens with zero attached hydrogens (tertiary/aromatic N) is 3. The maximum Gasteiger partial charge on any atom is 0.426 e. The first-order chi connectivity index (χ1) is 29.3. The number of carbonyl (C=O) groups is 6. The zero-order valence-electron chi connectivity index (χ0n) is 38.5. The minimum absolute atomic E-state index is 0.0574. The molecular weight excluding hydrogens is 813 g/mol. The highest BCUT2D eigenvalue weighted by atomic mass is 32.1. The van der Waals surface area contributed by atoms with Gasteiger partial charge in [0, 0.05) is 48.1 Å².